The lowest BCUT2D eigenvalue weighted by molar-refractivity contribution is 0.207. The predicted octanol–water partition coefficient (Wildman–Crippen LogP) is 5.51. The summed E-state index contributed by atoms with van der Waals surface area (Å²) >= 11 is 0. The lowest BCUT2D eigenvalue weighted by Crippen LogP contribution is -2.44. The number of hydrazine groups is 2. The zero-order valence-electron chi connectivity index (χ0n) is 15.7. The normalized spacial score (nSPS) is 15.1. The fraction of sp³-hybridized carbons (Fsp3) is 0.947. The molecule has 0 saturated heterocycles. The van der Waals surface area contributed by atoms with Crippen LogP contribution in [0.15, 0.2) is 5.10 Å². The molecule has 0 radical (unpaired) electrons. The molecule has 0 fully saturated rings. The average molecular weight is 325 g/mol. The largest absolute Gasteiger partial charge is 0.275 e. The van der Waals surface area contributed by atoms with Crippen molar-refractivity contribution in [2.75, 3.05) is 0 Å². The second kappa shape index (κ2) is 14.8. The first-order valence-corrected chi connectivity index (χ1v) is 10.2. The van der Waals surface area contributed by atoms with E-state index in [9.17, 15) is 0 Å². The van der Waals surface area contributed by atoms with Crippen LogP contribution >= 0.6 is 0 Å². The van der Waals surface area contributed by atoms with E-state index in [0.29, 0.717) is 6.04 Å². The zero-order valence-corrected chi connectivity index (χ0v) is 15.7. The number of nitrogens with zero attached hydrogens (tertiary/aromatic N) is 2. The molecule has 0 aromatic carbocycles. The average Bonchev–Trinajstić information content (AvgIpc) is 3.09. The summed E-state index contributed by atoms with van der Waals surface area (Å²) in [6.07, 6.45) is 22.8. The molecule has 4 heteroatoms. The van der Waals surface area contributed by atoms with E-state index in [2.05, 4.69) is 35.0 Å². The smallest absolute Gasteiger partial charge is 0.128 e. The van der Waals surface area contributed by atoms with Gasteiger partial charge in [0.15, 0.2) is 0 Å². The van der Waals surface area contributed by atoms with Gasteiger partial charge in [0.2, 0.25) is 0 Å². The lowest BCUT2D eigenvalue weighted by Gasteiger charge is -2.24. The molecule has 136 valence electrons. The summed E-state index contributed by atoms with van der Waals surface area (Å²) in [7, 11) is 0. The van der Waals surface area contributed by atoms with E-state index < -0.39 is 0 Å². The maximum Gasteiger partial charge on any atom is 0.128 e. The number of hydrogen-bond donors (Lipinski definition) is 2. The van der Waals surface area contributed by atoms with Crippen LogP contribution in [0.2, 0.25) is 0 Å². The van der Waals surface area contributed by atoms with Gasteiger partial charge in [-0.05, 0) is 12.8 Å². The third-order valence-corrected chi connectivity index (χ3v) is 4.93. The molecule has 1 unspecified atom stereocenters. The summed E-state index contributed by atoms with van der Waals surface area (Å²) in [6, 6.07) is 0.571. The van der Waals surface area contributed by atoms with E-state index in [1.54, 1.807) is 0 Å². The number of nitrogens with one attached hydrogen (secondary N) is 2. The van der Waals surface area contributed by atoms with Gasteiger partial charge in [-0.15, -0.1) is 5.53 Å². The summed E-state index contributed by atoms with van der Waals surface area (Å²) in [5, 5.41) is 6.09. The molecular weight excluding hydrogens is 284 g/mol. The van der Waals surface area contributed by atoms with Gasteiger partial charge in [0.1, 0.15) is 6.34 Å². The molecule has 2 N–H and O–H groups in total. The number of rotatable bonds is 16. The zero-order chi connectivity index (χ0) is 16.6. The fourth-order valence-corrected chi connectivity index (χ4v) is 3.33. The Hall–Kier alpha value is -0.770. The number of unbranched alkanes of at least 4 members (excludes halogenated alkanes) is 12. The van der Waals surface area contributed by atoms with Crippen molar-refractivity contribution in [1.29, 1.82) is 0 Å². The standard InChI is InChI=1S/C19H40N4/c1-3-5-6-7-8-9-10-11-12-13-14-15-16-17-19(4-2)23-18-20-21-22-23/h18-19,21-22H,3-17H2,1-2H3. The highest BCUT2D eigenvalue weighted by atomic mass is 15.8. The first kappa shape index (κ1) is 20.3. The third-order valence-electron chi connectivity index (χ3n) is 4.93. The summed E-state index contributed by atoms with van der Waals surface area (Å²) in [5.74, 6) is 0. The fourth-order valence-electron chi connectivity index (χ4n) is 3.33. The molecule has 1 rings (SSSR count). The second-order valence-electron chi connectivity index (χ2n) is 6.97. The van der Waals surface area contributed by atoms with E-state index in [4.69, 9.17) is 0 Å². The van der Waals surface area contributed by atoms with Crippen LogP contribution in [0.5, 0.6) is 0 Å². The third kappa shape index (κ3) is 10.6. The molecule has 0 saturated carbocycles. The monoisotopic (exact) mass is 324 g/mol. The Morgan fingerprint density at radius 3 is 1.74 bits per heavy atom. The van der Waals surface area contributed by atoms with Crippen LogP contribution < -0.4 is 11.1 Å². The lowest BCUT2D eigenvalue weighted by atomic mass is 10.0. The van der Waals surface area contributed by atoms with Gasteiger partial charge in [-0.2, -0.15) is 5.10 Å². The van der Waals surface area contributed by atoms with Crippen LogP contribution in [-0.4, -0.2) is 17.4 Å². The van der Waals surface area contributed by atoms with Crippen molar-refractivity contribution in [2.24, 2.45) is 5.10 Å². The number of hydrogen-bond acceptors (Lipinski definition) is 4. The quantitative estimate of drug-likeness (QED) is 0.367. The molecule has 0 aliphatic carbocycles. The SMILES string of the molecule is CCCCCCCCCCCCCCCC(CC)N1C=NNN1. The first-order valence-electron chi connectivity index (χ1n) is 10.2. The van der Waals surface area contributed by atoms with Gasteiger partial charge in [0.05, 0.1) is 0 Å². The maximum absolute atomic E-state index is 3.99. The minimum Gasteiger partial charge on any atom is -0.275 e. The highest BCUT2D eigenvalue weighted by molar-refractivity contribution is 5.55. The summed E-state index contributed by atoms with van der Waals surface area (Å²) < 4.78 is 0. The molecule has 0 amide bonds. The summed E-state index contributed by atoms with van der Waals surface area (Å²) in [4.78, 5) is 0. The Bertz CT molecular complexity index is 281. The summed E-state index contributed by atoms with van der Waals surface area (Å²) in [5.41, 5.74) is 5.85. The van der Waals surface area contributed by atoms with E-state index in [1.165, 1.54) is 96.3 Å². The molecule has 4 nitrogen and oxygen atoms in total. The van der Waals surface area contributed by atoms with E-state index in [1.807, 2.05) is 6.34 Å². The van der Waals surface area contributed by atoms with Gasteiger partial charge in [0, 0.05) is 6.04 Å². The summed E-state index contributed by atoms with van der Waals surface area (Å²) in [6.45, 7) is 4.54. The molecule has 23 heavy (non-hydrogen) atoms. The molecule has 1 aliphatic heterocycles. The minimum atomic E-state index is 0.571. The van der Waals surface area contributed by atoms with Crippen LogP contribution in [0, 0.1) is 0 Å². The molecule has 1 heterocycles. The van der Waals surface area contributed by atoms with Crippen molar-refractivity contribution in [2.45, 2.75) is 116 Å². The van der Waals surface area contributed by atoms with Gasteiger partial charge < -0.3 is 0 Å². The van der Waals surface area contributed by atoms with Crippen molar-refractivity contribution < 1.29 is 0 Å². The highest BCUT2D eigenvalue weighted by Crippen LogP contribution is 2.15. The Kier molecular flexibility index (Phi) is 13.0. The van der Waals surface area contributed by atoms with Gasteiger partial charge >= 0.3 is 0 Å². The Labute approximate surface area is 144 Å². The van der Waals surface area contributed by atoms with Crippen LogP contribution in [0.1, 0.15) is 110 Å². The van der Waals surface area contributed by atoms with Crippen molar-refractivity contribution in [3.05, 3.63) is 0 Å². The maximum atomic E-state index is 3.99. The Balaban J connectivity index is 1.80. The second-order valence-corrected chi connectivity index (χ2v) is 6.97. The molecule has 1 aliphatic rings. The molecule has 0 aromatic rings. The molecular formula is C19H40N4. The van der Waals surface area contributed by atoms with Crippen LogP contribution in [-0.2, 0) is 0 Å². The molecule has 0 bridgehead atoms. The molecule has 0 spiro atoms. The number of hydrazone groups is 1. The van der Waals surface area contributed by atoms with Gasteiger partial charge in [-0.25, -0.2) is 5.53 Å². The molecule has 1 atom stereocenters. The van der Waals surface area contributed by atoms with Crippen LogP contribution in [0.3, 0.4) is 0 Å². The van der Waals surface area contributed by atoms with Crippen molar-refractivity contribution in [3.63, 3.8) is 0 Å². The van der Waals surface area contributed by atoms with Crippen molar-refractivity contribution in [1.82, 2.24) is 16.1 Å². The topological polar surface area (TPSA) is 39.7 Å². The minimum absolute atomic E-state index is 0.571. The van der Waals surface area contributed by atoms with Crippen LogP contribution in [0.25, 0.3) is 0 Å². The van der Waals surface area contributed by atoms with Gasteiger partial charge in [0.25, 0.3) is 0 Å². The van der Waals surface area contributed by atoms with Crippen molar-refractivity contribution >= 4 is 6.34 Å². The van der Waals surface area contributed by atoms with Crippen LogP contribution in [0.4, 0.5) is 0 Å². The van der Waals surface area contributed by atoms with E-state index >= 15 is 0 Å². The predicted molar refractivity (Wildman–Crippen MR) is 101 cm³/mol. The first-order chi connectivity index (χ1) is 11.4. The van der Waals surface area contributed by atoms with E-state index in [0.717, 1.165) is 0 Å². The Morgan fingerprint density at radius 2 is 1.30 bits per heavy atom. The molecule has 0 aromatic heterocycles. The van der Waals surface area contributed by atoms with Crippen molar-refractivity contribution in [3.8, 4) is 0 Å². The highest BCUT2D eigenvalue weighted by Gasteiger charge is 2.15. The Morgan fingerprint density at radius 1 is 0.783 bits per heavy atom. The van der Waals surface area contributed by atoms with Gasteiger partial charge in [-0.1, -0.05) is 97.3 Å². The van der Waals surface area contributed by atoms with Gasteiger partial charge in [-0.3, -0.25) is 5.01 Å². The van der Waals surface area contributed by atoms with E-state index in [-0.39, 0.29) is 0 Å².